The van der Waals surface area contributed by atoms with Gasteiger partial charge in [0, 0.05) is 11.8 Å². The molecule has 0 aliphatic rings. The van der Waals surface area contributed by atoms with Gasteiger partial charge in [0.15, 0.2) is 5.75 Å². The van der Waals surface area contributed by atoms with Crippen molar-refractivity contribution in [3.05, 3.63) is 42.1 Å². The van der Waals surface area contributed by atoms with Crippen LogP contribution in [0.5, 0.6) is 11.5 Å². The quantitative estimate of drug-likeness (QED) is 0.835. The summed E-state index contributed by atoms with van der Waals surface area (Å²) in [5.41, 5.74) is -1.98. The molecule has 1 aromatic carbocycles. The highest BCUT2D eigenvalue weighted by molar-refractivity contribution is 5.69. The van der Waals surface area contributed by atoms with Crippen LogP contribution in [0.4, 0.5) is 26.3 Å². The van der Waals surface area contributed by atoms with E-state index >= 15 is 0 Å². The molecule has 2 rings (SSSR count). The lowest BCUT2D eigenvalue weighted by molar-refractivity contribution is -0.274. The standard InChI is InChI=1S/C13H7F6NO2/c14-12(15,16)9-4-5-20-10(11(9)21)7-2-1-3-8(6-7)22-13(17,18)19/h1-6,21H. The monoisotopic (exact) mass is 323 g/mol. The van der Waals surface area contributed by atoms with Crippen molar-refractivity contribution < 1.29 is 36.2 Å². The number of aromatic nitrogens is 1. The molecule has 9 heteroatoms. The van der Waals surface area contributed by atoms with Gasteiger partial charge in [-0.1, -0.05) is 12.1 Å². The SMILES string of the molecule is Oc1c(C(F)(F)F)ccnc1-c1cccc(OC(F)(F)F)c1. The number of nitrogens with zero attached hydrogens (tertiary/aromatic N) is 1. The molecule has 0 amide bonds. The maximum atomic E-state index is 12.7. The normalized spacial score (nSPS) is 12.3. The molecule has 0 fully saturated rings. The van der Waals surface area contributed by atoms with Crippen molar-refractivity contribution in [2.75, 3.05) is 0 Å². The maximum Gasteiger partial charge on any atom is 0.573 e. The number of ether oxygens (including phenoxy) is 1. The predicted molar refractivity (Wildman–Crippen MR) is 63.0 cm³/mol. The summed E-state index contributed by atoms with van der Waals surface area (Å²) in [5.74, 6) is -1.80. The number of pyridine rings is 1. The Morgan fingerprint density at radius 3 is 2.27 bits per heavy atom. The minimum Gasteiger partial charge on any atom is -0.505 e. The smallest absolute Gasteiger partial charge is 0.505 e. The Morgan fingerprint density at radius 1 is 1.00 bits per heavy atom. The second-order valence-corrected chi connectivity index (χ2v) is 4.13. The minimum atomic E-state index is -4.94. The zero-order chi connectivity index (χ0) is 16.5. The molecule has 1 heterocycles. The van der Waals surface area contributed by atoms with Gasteiger partial charge in [-0.05, 0) is 18.2 Å². The van der Waals surface area contributed by atoms with Crippen molar-refractivity contribution in [2.24, 2.45) is 0 Å². The van der Waals surface area contributed by atoms with Crippen LogP contribution in [0.2, 0.25) is 0 Å². The second-order valence-electron chi connectivity index (χ2n) is 4.13. The Labute approximate surface area is 119 Å². The van der Waals surface area contributed by atoms with E-state index in [9.17, 15) is 31.4 Å². The molecule has 0 unspecified atom stereocenters. The molecule has 2 aromatic rings. The zero-order valence-corrected chi connectivity index (χ0v) is 10.5. The molecule has 0 spiro atoms. The number of rotatable bonds is 2. The number of hydrogen-bond acceptors (Lipinski definition) is 3. The summed E-state index contributed by atoms with van der Waals surface area (Å²) in [5, 5.41) is 9.66. The van der Waals surface area contributed by atoms with Crippen molar-refractivity contribution in [3.63, 3.8) is 0 Å². The van der Waals surface area contributed by atoms with Crippen LogP contribution in [0.1, 0.15) is 5.56 Å². The third-order valence-corrected chi connectivity index (χ3v) is 2.57. The summed E-state index contributed by atoms with van der Waals surface area (Å²) in [6.07, 6.45) is -8.96. The highest BCUT2D eigenvalue weighted by Crippen LogP contribution is 2.40. The Bertz CT molecular complexity index is 681. The Kier molecular flexibility index (Phi) is 3.90. The average molecular weight is 323 g/mol. The summed E-state index contributed by atoms with van der Waals surface area (Å²) in [6.45, 7) is 0. The molecule has 0 aliphatic heterocycles. The van der Waals surface area contributed by atoms with E-state index in [0.717, 1.165) is 24.4 Å². The molecule has 3 nitrogen and oxygen atoms in total. The van der Waals surface area contributed by atoms with Gasteiger partial charge < -0.3 is 9.84 Å². The van der Waals surface area contributed by atoms with Crippen molar-refractivity contribution >= 4 is 0 Å². The average Bonchev–Trinajstić information content (AvgIpc) is 2.35. The van der Waals surface area contributed by atoms with Crippen LogP contribution in [-0.2, 0) is 6.18 Å². The number of benzene rings is 1. The van der Waals surface area contributed by atoms with Crippen LogP contribution < -0.4 is 4.74 Å². The number of aromatic hydroxyl groups is 1. The lowest BCUT2D eigenvalue weighted by Gasteiger charge is -2.13. The number of hydrogen-bond donors (Lipinski definition) is 1. The molecular formula is C13H7F6NO2. The van der Waals surface area contributed by atoms with Crippen LogP contribution in [0.3, 0.4) is 0 Å². The highest BCUT2D eigenvalue weighted by atomic mass is 19.4. The van der Waals surface area contributed by atoms with Crippen LogP contribution >= 0.6 is 0 Å². The summed E-state index contributed by atoms with van der Waals surface area (Å²) >= 11 is 0. The van der Waals surface area contributed by atoms with Crippen LogP contribution in [0, 0.1) is 0 Å². The molecule has 22 heavy (non-hydrogen) atoms. The third-order valence-electron chi connectivity index (χ3n) is 2.57. The van der Waals surface area contributed by atoms with Crippen molar-refractivity contribution in [1.29, 1.82) is 0 Å². The Balaban J connectivity index is 2.47. The highest BCUT2D eigenvalue weighted by Gasteiger charge is 2.35. The van der Waals surface area contributed by atoms with E-state index in [4.69, 9.17) is 0 Å². The lowest BCUT2D eigenvalue weighted by atomic mass is 10.1. The van der Waals surface area contributed by atoms with E-state index in [0.29, 0.717) is 6.07 Å². The second kappa shape index (κ2) is 5.39. The summed E-state index contributed by atoms with van der Waals surface area (Å²) in [6, 6.07) is 4.70. The van der Waals surface area contributed by atoms with E-state index < -0.39 is 35.3 Å². The third kappa shape index (κ3) is 3.60. The molecule has 118 valence electrons. The van der Waals surface area contributed by atoms with Crippen molar-refractivity contribution in [2.45, 2.75) is 12.5 Å². The minimum absolute atomic E-state index is 0.148. The van der Waals surface area contributed by atoms with Gasteiger partial charge in [-0.2, -0.15) is 13.2 Å². The first kappa shape index (κ1) is 15.9. The van der Waals surface area contributed by atoms with Gasteiger partial charge in [0.1, 0.15) is 17.0 Å². The summed E-state index contributed by atoms with van der Waals surface area (Å²) in [7, 11) is 0. The molecule has 0 bridgehead atoms. The summed E-state index contributed by atoms with van der Waals surface area (Å²) in [4.78, 5) is 3.57. The van der Waals surface area contributed by atoms with E-state index in [2.05, 4.69) is 9.72 Å². The Hall–Kier alpha value is -2.45. The fraction of sp³-hybridized carbons (Fsp3) is 0.154. The number of halogens is 6. The first-order chi connectivity index (χ1) is 10.1. The van der Waals surface area contributed by atoms with Crippen molar-refractivity contribution in [1.82, 2.24) is 4.98 Å². The van der Waals surface area contributed by atoms with Gasteiger partial charge in [-0.3, -0.25) is 4.98 Å². The van der Waals surface area contributed by atoms with Crippen molar-refractivity contribution in [3.8, 4) is 22.8 Å². The fourth-order valence-corrected chi connectivity index (χ4v) is 1.73. The Morgan fingerprint density at radius 2 is 1.68 bits per heavy atom. The molecular weight excluding hydrogens is 316 g/mol. The number of alkyl halides is 6. The van der Waals surface area contributed by atoms with Gasteiger partial charge >= 0.3 is 12.5 Å². The summed E-state index contributed by atoms with van der Waals surface area (Å²) < 4.78 is 78.1. The van der Waals surface area contributed by atoms with Gasteiger partial charge in [0.25, 0.3) is 0 Å². The largest absolute Gasteiger partial charge is 0.573 e. The molecule has 1 N–H and O–H groups in total. The van der Waals surface area contributed by atoms with E-state index in [-0.39, 0.29) is 5.56 Å². The van der Waals surface area contributed by atoms with Gasteiger partial charge in [-0.15, -0.1) is 13.2 Å². The van der Waals surface area contributed by atoms with Crippen LogP contribution in [0.15, 0.2) is 36.5 Å². The van der Waals surface area contributed by atoms with E-state index in [1.165, 1.54) is 6.07 Å². The first-order valence-electron chi connectivity index (χ1n) is 5.69. The molecule has 0 atom stereocenters. The first-order valence-corrected chi connectivity index (χ1v) is 5.69. The van der Waals surface area contributed by atoms with Crippen LogP contribution in [-0.4, -0.2) is 16.5 Å². The molecule has 0 saturated heterocycles. The lowest BCUT2D eigenvalue weighted by Crippen LogP contribution is -2.17. The van der Waals surface area contributed by atoms with Crippen LogP contribution in [0.25, 0.3) is 11.3 Å². The molecule has 0 saturated carbocycles. The van der Waals surface area contributed by atoms with Gasteiger partial charge in [0.05, 0.1) is 0 Å². The maximum absolute atomic E-state index is 12.7. The predicted octanol–water partition coefficient (Wildman–Crippen LogP) is 4.37. The molecule has 1 aromatic heterocycles. The van der Waals surface area contributed by atoms with E-state index in [1.807, 2.05) is 0 Å². The zero-order valence-electron chi connectivity index (χ0n) is 10.5. The van der Waals surface area contributed by atoms with Gasteiger partial charge in [-0.25, -0.2) is 0 Å². The fourth-order valence-electron chi connectivity index (χ4n) is 1.73. The van der Waals surface area contributed by atoms with Gasteiger partial charge in [0.2, 0.25) is 0 Å². The van der Waals surface area contributed by atoms with E-state index in [1.54, 1.807) is 0 Å². The molecule has 0 radical (unpaired) electrons. The molecule has 0 aliphatic carbocycles. The topological polar surface area (TPSA) is 42.4 Å².